The van der Waals surface area contributed by atoms with Gasteiger partial charge in [0.2, 0.25) is 5.96 Å². The van der Waals surface area contributed by atoms with Gasteiger partial charge in [0.1, 0.15) is 11.5 Å². The molecule has 0 aliphatic heterocycles. The van der Waals surface area contributed by atoms with E-state index in [0.29, 0.717) is 5.56 Å². The molecule has 31 heavy (non-hydrogen) atoms. The lowest BCUT2D eigenvalue weighted by Gasteiger charge is -2.17. The van der Waals surface area contributed by atoms with Crippen molar-refractivity contribution in [2.45, 2.75) is 18.9 Å². The van der Waals surface area contributed by atoms with E-state index in [-0.39, 0.29) is 18.0 Å². The van der Waals surface area contributed by atoms with E-state index in [4.69, 9.17) is 22.1 Å². The van der Waals surface area contributed by atoms with Gasteiger partial charge in [-0.15, -0.1) is 0 Å². The van der Waals surface area contributed by atoms with Gasteiger partial charge in [-0.3, -0.25) is 0 Å². The maximum absolute atomic E-state index is 12.9. The van der Waals surface area contributed by atoms with Crippen LogP contribution in [-0.4, -0.2) is 30.1 Å². The molecule has 0 spiro atoms. The maximum atomic E-state index is 12.9. The fraction of sp³-hybridized carbons (Fsp3) is 0.222. The molecule has 0 aliphatic rings. The first kappa shape index (κ1) is 24.1. The van der Waals surface area contributed by atoms with Crippen LogP contribution in [0.5, 0.6) is 11.5 Å². The number of nitrogens with zero attached hydrogens (tertiary/aromatic N) is 2. The third-order valence-corrected chi connectivity index (χ3v) is 4.00. The van der Waals surface area contributed by atoms with Crippen LogP contribution in [0, 0.1) is 0 Å². The molecule has 0 unspecified atom stereocenters. The second-order valence-electron chi connectivity index (χ2n) is 6.07. The third kappa shape index (κ3) is 6.95. The number of guanidine groups is 1. The zero-order chi connectivity index (χ0) is 23.4. The van der Waals surface area contributed by atoms with Crippen molar-refractivity contribution in [2.24, 2.45) is 10.9 Å². The van der Waals surface area contributed by atoms with Gasteiger partial charge in [-0.25, -0.2) is 4.79 Å². The minimum absolute atomic E-state index is 0.0678. The number of nitrogens with two attached hydrogens (primary N) is 1. The first-order chi connectivity index (χ1) is 14.3. The normalized spacial score (nSPS) is 12.5. The van der Waals surface area contributed by atoms with Crippen LogP contribution in [0.25, 0.3) is 0 Å². The summed E-state index contributed by atoms with van der Waals surface area (Å²) in [5.74, 6) is -2.85. The van der Waals surface area contributed by atoms with Crippen molar-refractivity contribution in [1.29, 1.82) is 0 Å². The molecule has 6 nitrogen and oxygen atoms in total. The van der Waals surface area contributed by atoms with Crippen molar-refractivity contribution in [3.8, 4) is 11.5 Å². The van der Waals surface area contributed by atoms with E-state index in [9.17, 15) is 31.1 Å². The summed E-state index contributed by atoms with van der Waals surface area (Å²) < 4.78 is 80.3. The van der Waals surface area contributed by atoms with Crippen LogP contribution in [0.3, 0.4) is 0 Å². The first-order valence-electron chi connectivity index (χ1n) is 8.23. The first-order valence-corrected chi connectivity index (χ1v) is 8.61. The lowest BCUT2D eigenvalue weighted by molar-refractivity contribution is -0.199. The number of rotatable bonds is 5. The standard InChI is InChI=1S/C18H14ClF6N3O3/c1-28(16(26)27-31-15(29)18(23,24)25)9-10-2-4-11(5-3-10)30-12-6-7-14(19)13(8-12)17(20,21)22/h2-8H,9H2,1H3,(H2,26,27). The van der Waals surface area contributed by atoms with Crippen LogP contribution in [0.4, 0.5) is 26.3 Å². The number of ether oxygens (including phenoxy) is 1. The van der Waals surface area contributed by atoms with Crippen LogP contribution in [0.15, 0.2) is 47.6 Å². The molecule has 2 rings (SSSR count). The van der Waals surface area contributed by atoms with Crippen LogP contribution >= 0.6 is 11.6 Å². The molecule has 0 aliphatic carbocycles. The van der Waals surface area contributed by atoms with Crippen LogP contribution in [0.2, 0.25) is 5.02 Å². The molecule has 2 aromatic carbocycles. The number of carbonyl (C=O) groups excluding carboxylic acids is 1. The fourth-order valence-corrected chi connectivity index (χ4v) is 2.37. The van der Waals surface area contributed by atoms with Crippen molar-refractivity contribution in [2.75, 3.05) is 7.05 Å². The zero-order valence-corrected chi connectivity index (χ0v) is 16.3. The van der Waals surface area contributed by atoms with E-state index in [1.54, 1.807) is 12.1 Å². The summed E-state index contributed by atoms with van der Waals surface area (Å²) in [5.41, 5.74) is 5.02. The Morgan fingerprint density at radius 3 is 2.19 bits per heavy atom. The lowest BCUT2D eigenvalue weighted by atomic mass is 10.2. The highest BCUT2D eigenvalue weighted by atomic mass is 35.5. The molecule has 168 valence electrons. The van der Waals surface area contributed by atoms with Crippen LogP contribution < -0.4 is 10.5 Å². The van der Waals surface area contributed by atoms with Gasteiger partial charge < -0.3 is 20.2 Å². The fourth-order valence-electron chi connectivity index (χ4n) is 2.15. The molecule has 0 saturated carbocycles. The third-order valence-electron chi connectivity index (χ3n) is 3.67. The molecule has 0 heterocycles. The average molecular weight is 470 g/mol. The Hall–Kier alpha value is -3.15. The summed E-state index contributed by atoms with van der Waals surface area (Å²) in [6.45, 7) is 0.0678. The second-order valence-corrected chi connectivity index (χ2v) is 6.47. The van der Waals surface area contributed by atoms with Crippen molar-refractivity contribution < 1.29 is 40.7 Å². The Morgan fingerprint density at radius 1 is 1.06 bits per heavy atom. The van der Waals surface area contributed by atoms with E-state index < -0.39 is 34.9 Å². The minimum Gasteiger partial charge on any atom is -0.457 e. The summed E-state index contributed by atoms with van der Waals surface area (Å²) in [7, 11) is 1.39. The monoisotopic (exact) mass is 469 g/mol. The molecule has 13 heteroatoms. The number of alkyl halides is 6. The highest BCUT2D eigenvalue weighted by Crippen LogP contribution is 2.37. The van der Waals surface area contributed by atoms with Gasteiger partial charge >= 0.3 is 18.3 Å². The molecule has 2 aromatic rings. The quantitative estimate of drug-likeness (QED) is 0.221. The van der Waals surface area contributed by atoms with E-state index in [1.807, 2.05) is 0 Å². The Kier molecular flexibility index (Phi) is 7.26. The van der Waals surface area contributed by atoms with Crippen molar-refractivity contribution in [1.82, 2.24) is 4.90 Å². The van der Waals surface area contributed by atoms with E-state index in [2.05, 4.69) is 9.99 Å². The molecular formula is C18H14ClF6N3O3. The molecule has 0 bridgehead atoms. The zero-order valence-electron chi connectivity index (χ0n) is 15.6. The van der Waals surface area contributed by atoms with Gasteiger partial charge in [-0.1, -0.05) is 23.7 Å². The number of benzene rings is 2. The highest BCUT2D eigenvalue weighted by molar-refractivity contribution is 6.31. The molecule has 2 N–H and O–H groups in total. The van der Waals surface area contributed by atoms with Gasteiger partial charge in [0.05, 0.1) is 10.6 Å². The molecule has 0 atom stereocenters. The second kappa shape index (κ2) is 9.33. The van der Waals surface area contributed by atoms with Gasteiger partial charge in [0.25, 0.3) is 0 Å². The SMILES string of the molecule is CN(Cc1ccc(Oc2ccc(Cl)c(C(F)(F)F)c2)cc1)/C(N)=N/OC(=O)C(F)(F)F. The predicted molar refractivity (Wildman–Crippen MR) is 98.2 cm³/mol. The van der Waals surface area contributed by atoms with Gasteiger partial charge in [0, 0.05) is 13.6 Å². The van der Waals surface area contributed by atoms with Gasteiger partial charge in [0.15, 0.2) is 0 Å². The Labute approximate surface area is 176 Å². The highest BCUT2D eigenvalue weighted by Gasteiger charge is 2.41. The summed E-state index contributed by atoms with van der Waals surface area (Å²) >= 11 is 5.56. The smallest absolute Gasteiger partial charge is 0.457 e. The Balaban J connectivity index is 2.02. The molecular weight excluding hydrogens is 456 g/mol. The average Bonchev–Trinajstić information content (AvgIpc) is 2.67. The number of hydrogen-bond acceptors (Lipinski definition) is 4. The summed E-state index contributed by atoms with van der Waals surface area (Å²) in [6, 6.07) is 9.12. The van der Waals surface area contributed by atoms with Crippen LogP contribution in [-0.2, 0) is 22.4 Å². The summed E-state index contributed by atoms with van der Waals surface area (Å²) in [4.78, 5) is 15.5. The van der Waals surface area contributed by atoms with E-state index >= 15 is 0 Å². The largest absolute Gasteiger partial charge is 0.493 e. The van der Waals surface area contributed by atoms with E-state index in [0.717, 1.165) is 12.1 Å². The summed E-state index contributed by atoms with van der Waals surface area (Å²) in [6.07, 6.45) is -9.84. The number of carbonyl (C=O) groups is 1. The van der Waals surface area contributed by atoms with E-state index in [1.165, 1.54) is 30.1 Å². The number of oxime groups is 1. The Bertz CT molecular complexity index is 961. The maximum Gasteiger partial charge on any atom is 0.493 e. The Morgan fingerprint density at radius 2 is 1.65 bits per heavy atom. The predicted octanol–water partition coefficient (Wildman–Crippen LogP) is 4.92. The van der Waals surface area contributed by atoms with Crippen molar-refractivity contribution >= 4 is 23.5 Å². The molecule has 0 saturated heterocycles. The summed E-state index contributed by atoms with van der Waals surface area (Å²) in [5, 5.41) is 2.46. The van der Waals surface area contributed by atoms with Crippen LogP contribution in [0.1, 0.15) is 11.1 Å². The van der Waals surface area contributed by atoms with Crippen molar-refractivity contribution in [3.05, 3.63) is 58.6 Å². The molecule has 0 amide bonds. The topological polar surface area (TPSA) is 77.2 Å². The van der Waals surface area contributed by atoms with Gasteiger partial charge in [-0.05, 0) is 41.1 Å². The molecule has 0 fully saturated rings. The molecule has 0 radical (unpaired) electrons. The lowest BCUT2D eigenvalue weighted by Crippen LogP contribution is -2.34. The number of halogens is 7. The molecule has 0 aromatic heterocycles. The number of hydrogen-bond donors (Lipinski definition) is 1. The van der Waals surface area contributed by atoms with Crippen molar-refractivity contribution in [3.63, 3.8) is 0 Å². The van der Waals surface area contributed by atoms with Gasteiger partial charge in [-0.2, -0.15) is 26.3 Å². The minimum atomic E-state index is -5.21.